The van der Waals surface area contributed by atoms with Crippen molar-refractivity contribution in [1.29, 1.82) is 0 Å². The van der Waals surface area contributed by atoms with Crippen LogP contribution in [0.5, 0.6) is 0 Å². The number of carbonyl (C=O) groups excluding carboxylic acids is 1. The van der Waals surface area contributed by atoms with Gasteiger partial charge in [0.1, 0.15) is 0 Å². The molecule has 1 amide bonds. The number of nitrogens with zero attached hydrogens (tertiary/aromatic N) is 3. The van der Waals surface area contributed by atoms with Crippen molar-refractivity contribution in [3.63, 3.8) is 0 Å². The maximum atomic E-state index is 13.5. The van der Waals surface area contributed by atoms with Crippen LogP contribution in [-0.2, 0) is 16.8 Å². The summed E-state index contributed by atoms with van der Waals surface area (Å²) in [5.74, 6) is -1.39. The van der Waals surface area contributed by atoms with E-state index in [9.17, 15) is 13.6 Å². The highest BCUT2D eigenvalue weighted by Gasteiger charge is 2.42. The molecule has 31 heavy (non-hydrogen) atoms. The number of halogens is 2. The molecule has 0 bridgehead atoms. The Morgan fingerprint density at radius 2 is 1.84 bits per heavy atom. The number of hydrogen-bond donors (Lipinski definition) is 0. The quantitative estimate of drug-likeness (QED) is 0.690. The van der Waals surface area contributed by atoms with E-state index in [1.165, 1.54) is 12.1 Å². The number of carbonyl (C=O) groups is 1. The van der Waals surface area contributed by atoms with Crippen molar-refractivity contribution in [3.05, 3.63) is 58.9 Å². The van der Waals surface area contributed by atoms with E-state index in [-0.39, 0.29) is 17.2 Å². The fourth-order valence-corrected chi connectivity index (χ4v) is 5.06. The van der Waals surface area contributed by atoms with Gasteiger partial charge in [-0.05, 0) is 69.5 Å². The van der Waals surface area contributed by atoms with Crippen molar-refractivity contribution in [2.24, 2.45) is 5.92 Å². The number of amides is 1. The van der Waals surface area contributed by atoms with Gasteiger partial charge in [-0.15, -0.1) is 0 Å². The Kier molecular flexibility index (Phi) is 5.86. The summed E-state index contributed by atoms with van der Waals surface area (Å²) >= 11 is 0. The zero-order valence-electron chi connectivity index (χ0n) is 18.8. The lowest BCUT2D eigenvalue weighted by molar-refractivity contribution is -0.123. The summed E-state index contributed by atoms with van der Waals surface area (Å²) < 4.78 is 26.7. The summed E-state index contributed by atoms with van der Waals surface area (Å²) in [7, 11) is 2.02. The molecule has 0 unspecified atom stereocenters. The van der Waals surface area contributed by atoms with E-state index >= 15 is 0 Å². The van der Waals surface area contributed by atoms with Crippen molar-refractivity contribution < 1.29 is 13.6 Å². The van der Waals surface area contributed by atoms with Crippen LogP contribution in [0.2, 0.25) is 0 Å². The van der Waals surface area contributed by atoms with Crippen LogP contribution in [0.1, 0.15) is 56.5 Å². The molecule has 0 spiro atoms. The second-order valence-corrected chi connectivity index (χ2v) is 9.80. The molecule has 4 nitrogen and oxygen atoms in total. The van der Waals surface area contributed by atoms with Gasteiger partial charge in [0.05, 0.1) is 11.4 Å². The minimum atomic E-state index is -0.817. The lowest BCUT2D eigenvalue weighted by Crippen LogP contribution is -2.42. The number of fused-ring (bicyclic) bond motifs is 1. The lowest BCUT2D eigenvalue weighted by Gasteiger charge is -2.35. The zero-order chi connectivity index (χ0) is 22.3. The molecule has 1 aliphatic heterocycles. The van der Waals surface area contributed by atoms with E-state index in [2.05, 4.69) is 18.7 Å². The molecule has 0 atom stereocenters. The summed E-state index contributed by atoms with van der Waals surface area (Å²) in [6.07, 6.45) is 3.54. The molecule has 0 radical (unpaired) electrons. The number of benzene rings is 1. The highest BCUT2D eigenvalue weighted by Crippen LogP contribution is 2.41. The minimum absolute atomic E-state index is 0.0240. The summed E-state index contributed by atoms with van der Waals surface area (Å²) in [5, 5.41) is 0. The van der Waals surface area contributed by atoms with E-state index in [0.29, 0.717) is 19.1 Å². The van der Waals surface area contributed by atoms with Crippen LogP contribution in [0.4, 0.5) is 14.5 Å². The Bertz CT molecular complexity index is 983. The number of rotatable bonds is 4. The van der Waals surface area contributed by atoms with E-state index < -0.39 is 11.6 Å². The van der Waals surface area contributed by atoms with Gasteiger partial charge in [0.25, 0.3) is 0 Å². The number of anilines is 1. The third-order valence-corrected chi connectivity index (χ3v) is 6.85. The van der Waals surface area contributed by atoms with Crippen LogP contribution in [0, 0.1) is 24.5 Å². The van der Waals surface area contributed by atoms with E-state index in [0.717, 1.165) is 48.3 Å². The van der Waals surface area contributed by atoms with Gasteiger partial charge in [0, 0.05) is 36.2 Å². The molecular formula is C25H31F2N3O. The van der Waals surface area contributed by atoms with Crippen molar-refractivity contribution in [1.82, 2.24) is 9.88 Å². The van der Waals surface area contributed by atoms with E-state index in [1.54, 1.807) is 6.07 Å². The Morgan fingerprint density at radius 1 is 1.13 bits per heavy atom. The van der Waals surface area contributed by atoms with Gasteiger partial charge in [0.2, 0.25) is 5.91 Å². The molecule has 2 heterocycles. The van der Waals surface area contributed by atoms with Gasteiger partial charge < -0.3 is 4.90 Å². The van der Waals surface area contributed by atoms with Crippen molar-refractivity contribution in [2.45, 2.75) is 64.5 Å². The van der Waals surface area contributed by atoms with Gasteiger partial charge >= 0.3 is 0 Å². The topological polar surface area (TPSA) is 36.4 Å². The first-order chi connectivity index (χ1) is 14.7. The third kappa shape index (κ3) is 4.36. The Hall–Kier alpha value is -2.34. The predicted octanol–water partition coefficient (Wildman–Crippen LogP) is 4.98. The lowest BCUT2D eigenvalue weighted by atomic mass is 9.84. The fraction of sp³-hybridized carbons (Fsp3) is 0.520. The molecule has 6 heteroatoms. The van der Waals surface area contributed by atoms with Crippen LogP contribution in [0.3, 0.4) is 0 Å². The van der Waals surface area contributed by atoms with Crippen molar-refractivity contribution in [2.75, 3.05) is 18.5 Å². The fourth-order valence-electron chi connectivity index (χ4n) is 5.06. The predicted molar refractivity (Wildman–Crippen MR) is 118 cm³/mol. The van der Waals surface area contributed by atoms with Gasteiger partial charge in [-0.25, -0.2) is 8.78 Å². The Morgan fingerprint density at radius 3 is 2.52 bits per heavy atom. The van der Waals surface area contributed by atoms with Gasteiger partial charge in [-0.2, -0.15) is 0 Å². The summed E-state index contributed by atoms with van der Waals surface area (Å²) in [5.41, 5.74) is 3.57. The van der Waals surface area contributed by atoms with Crippen molar-refractivity contribution in [3.8, 4) is 0 Å². The van der Waals surface area contributed by atoms with E-state index in [4.69, 9.17) is 4.98 Å². The molecule has 4 rings (SSSR count). The summed E-state index contributed by atoms with van der Waals surface area (Å²) in [6.45, 7) is 7.52. The minimum Gasteiger partial charge on any atom is -0.309 e. The molecule has 0 N–H and O–H groups in total. The highest BCUT2D eigenvalue weighted by molar-refractivity contribution is 5.97. The molecule has 1 aromatic carbocycles. The number of hydrogen-bond acceptors (Lipinski definition) is 3. The van der Waals surface area contributed by atoms with Crippen LogP contribution < -0.4 is 4.90 Å². The van der Waals surface area contributed by atoms with E-state index in [1.807, 2.05) is 31.0 Å². The largest absolute Gasteiger partial charge is 0.309 e. The number of aromatic nitrogens is 1. The number of pyridine rings is 1. The molecule has 166 valence electrons. The van der Waals surface area contributed by atoms with Crippen molar-refractivity contribution >= 4 is 11.6 Å². The second-order valence-electron chi connectivity index (χ2n) is 9.80. The standard InChI is InChI=1S/C25H31F2N3O/c1-16-5-12-22-23(28-16)25(2,3)15-30(22)24(31)18-7-9-19(10-8-18)29(4)14-17-6-11-20(26)21(27)13-17/h5-6,11-13,18-19H,7-10,14-15H2,1-4H3. The van der Waals surface area contributed by atoms with Crippen LogP contribution in [-0.4, -0.2) is 35.4 Å². The smallest absolute Gasteiger partial charge is 0.230 e. The molecule has 1 saturated carbocycles. The molecule has 2 aromatic rings. The molecular weight excluding hydrogens is 396 g/mol. The normalized spacial score (nSPS) is 22.6. The van der Waals surface area contributed by atoms with Crippen LogP contribution in [0.25, 0.3) is 0 Å². The van der Waals surface area contributed by atoms with Crippen LogP contribution >= 0.6 is 0 Å². The maximum Gasteiger partial charge on any atom is 0.230 e. The number of aryl methyl sites for hydroxylation is 1. The first-order valence-electron chi connectivity index (χ1n) is 11.1. The summed E-state index contributed by atoms with van der Waals surface area (Å²) in [6, 6.07) is 8.43. The average Bonchev–Trinajstić information content (AvgIpc) is 3.00. The second kappa shape index (κ2) is 8.30. The highest BCUT2D eigenvalue weighted by atomic mass is 19.2. The SMILES string of the molecule is Cc1ccc2c(n1)C(C)(C)CN2C(=O)C1CCC(N(C)Cc2ccc(F)c(F)c2)CC1. The molecule has 1 fully saturated rings. The molecule has 1 aliphatic carbocycles. The molecule has 2 aliphatic rings. The Balaban J connectivity index is 1.38. The monoisotopic (exact) mass is 427 g/mol. The first-order valence-corrected chi connectivity index (χ1v) is 11.1. The molecule has 0 saturated heterocycles. The summed E-state index contributed by atoms with van der Waals surface area (Å²) in [4.78, 5) is 22.2. The van der Waals surface area contributed by atoms with Gasteiger partial charge in [-0.1, -0.05) is 19.9 Å². The zero-order valence-corrected chi connectivity index (χ0v) is 18.8. The average molecular weight is 428 g/mol. The Labute approximate surface area is 183 Å². The maximum absolute atomic E-state index is 13.5. The third-order valence-electron chi connectivity index (χ3n) is 6.85. The van der Waals surface area contributed by atoms with Gasteiger partial charge in [0.15, 0.2) is 11.6 Å². The van der Waals surface area contributed by atoms with Crippen LogP contribution in [0.15, 0.2) is 30.3 Å². The molecule has 1 aromatic heterocycles. The van der Waals surface area contributed by atoms with Gasteiger partial charge in [-0.3, -0.25) is 14.7 Å². The first kappa shape index (κ1) is 21.9.